The summed E-state index contributed by atoms with van der Waals surface area (Å²) in [7, 11) is 0. The Kier molecular flexibility index (Phi) is 8.14. The third kappa shape index (κ3) is 5.02. The third-order valence-electron chi connectivity index (χ3n) is 5.30. The van der Waals surface area contributed by atoms with Crippen molar-refractivity contribution in [3.63, 3.8) is 0 Å². The molecule has 2 aliphatic heterocycles. The number of aliphatic hydroxyl groups is 1. The summed E-state index contributed by atoms with van der Waals surface area (Å²) in [6.07, 6.45) is 4.10. The topological polar surface area (TPSA) is 140 Å². The van der Waals surface area contributed by atoms with E-state index in [2.05, 4.69) is 21.3 Å². The number of carbonyl (C=O) groups is 4. The predicted octanol–water partition coefficient (Wildman–Crippen LogP) is -1.70. The van der Waals surface area contributed by atoms with E-state index in [0.717, 1.165) is 19.3 Å². The zero-order chi connectivity index (χ0) is 19.7. The maximum atomic E-state index is 12.8. The van der Waals surface area contributed by atoms with Crippen LogP contribution in [0.3, 0.4) is 0 Å². The molecule has 1 atom stereocenters. The molecule has 27 heavy (non-hydrogen) atoms. The van der Waals surface area contributed by atoms with Crippen molar-refractivity contribution in [3.8, 4) is 0 Å². The number of urea groups is 1. The zero-order valence-corrected chi connectivity index (χ0v) is 15.5. The lowest BCUT2D eigenvalue weighted by atomic mass is 9.71. The van der Waals surface area contributed by atoms with Crippen LogP contribution in [0, 0.1) is 5.41 Å². The number of β-amino-alcohol motifs (C(OH)–C–C–N with tert-alkyl or cyclic N) is 1. The van der Waals surface area contributed by atoms with Gasteiger partial charge in [-0.3, -0.25) is 29.9 Å². The minimum absolute atomic E-state index is 0.0710. The first kappa shape index (κ1) is 21.3. The lowest BCUT2D eigenvalue weighted by Crippen LogP contribution is -2.72. The van der Waals surface area contributed by atoms with Crippen molar-refractivity contribution < 1.29 is 24.3 Å². The number of unbranched alkanes of at least 4 members (excludes halogenated alkanes) is 3. The van der Waals surface area contributed by atoms with Gasteiger partial charge in [0, 0.05) is 38.8 Å². The van der Waals surface area contributed by atoms with Crippen LogP contribution in [-0.4, -0.2) is 79.6 Å². The third-order valence-corrected chi connectivity index (χ3v) is 5.30. The monoisotopic (exact) mass is 383 g/mol. The number of nitrogens with zero attached hydrogens (tertiary/aromatic N) is 1. The molecule has 2 aliphatic rings. The number of carbonyl (C=O) groups excluding carboxylic acids is 4. The van der Waals surface area contributed by atoms with Crippen molar-refractivity contribution in [3.05, 3.63) is 0 Å². The molecule has 0 bridgehead atoms. The number of barbiturate groups is 1. The summed E-state index contributed by atoms with van der Waals surface area (Å²) in [5.74, 6) is -1.15. The fourth-order valence-corrected chi connectivity index (χ4v) is 3.93. The number of piperazine rings is 1. The molecule has 5 N–H and O–H groups in total. The standard InChI is InChI=1S/C17H29N5O5/c23-10-9-22-8-7-18-11-13(22)17(5-3-1-2-4-6-19-12-24)14(25)20-16(27)21-15(17)26/h12-13,18,23H,1-11H2,(H,19,24)(H2,20,21,25,26,27). The molecule has 2 fully saturated rings. The van der Waals surface area contributed by atoms with E-state index in [1.54, 1.807) is 0 Å². The molecule has 2 heterocycles. The normalized spacial score (nSPS) is 22.9. The van der Waals surface area contributed by atoms with E-state index in [4.69, 9.17) is 0 Å². The van der Waals surface area contributed by atoms with Crippen molar-refractivity contribution in [1.29, 1.82) is 0 Å². The van der Waals surface area contributed by atoms with Crippen LogP contribution in [0.25, 0.3) is 0 Å². The number of rotatable bonds is 11. The highest BCUT2D eigenvalue weighted by atomic mass is 16.3. The van der Waals surface area contributed by atoms with Crippen molar-refractivity contribution in [2.45, 2.75) is 38.1 Å². The second-order valence-corrected chi connectivity index (χ2v) is 6.92. The molecule has 0 aromatic heterocycles. The number of imide groups is 2. The number of hydrogen-bond acceptors (Lipinski definition) is 7. The molecule has 152 valence electrons. The molecule has 1 unspecified atom stereocenters. The smallest absolute Gasteiger partial charge is 0.328 e. The minimum atomic E-state index is -1.38. The Labute approximate surface area is 158 Å². The highest BCUT2D eigenvalue weighted by Crippen LogP contribution is 2.35. The van der Waals surface area contributed by atoms with E-state index >= 15 is 0 Å². The Morgan fingerprint density at radius 1 is 1.15 bits per heavy atom. The van der Waals surface area contributed by atoms with Gasteiger partial charge in [0.1, 0.15) is 5.41 Å². The van der Waals surface area contributed by atoms with Gasteiger partial charge in [0.2, 0.25) is 18.2 Å². The number of amides is 5. The van der Waals surface area contributed by atoms with E-state index in [1.807, 2.05) is 4.90 Å². The predicted molar refractivity (Wildman–Crippen MR) is 96.6 cm³/mol. The van der Waals surface area contributed by atoms with Crippen LogP contribution in [0.5, 0.6) is 0 Å². The molecule has 10 nitrogen and oxygen atoms in total. The van der Waals surface area contributed by atoms with Gasteiger partial charge in [-0.2, -0.15) is 0 Å². The van der Waals surface area contributed by atoms with Gasteiger partial charge in [0.15, 0.2) is 0 Å². The molecular weight excluding hydrogens is 354 g/mol. The number of hydrogen-bond donors (Lipinski definition) is 5. The first-order valence-electron chi connectivity index (χ1n) is 9.45. The summed E-state index contributed by atoms with van der Waals surface area (Å²) < 4.78 is 0. The van der Waals surface area contributed by atoms with Gasteiger partial charge in [-0.25, -0.2) is 4.79 Å². The summed E-state index contributed by atoms with van der Waals surface area (Å²) in [5, 5.41) is 19.7. The highest BCUT2D eigenvalue weighted by molar-refractivity contribution is 6.19. The molecule has 0 radical (unpaired) electrons. The van der Waals surface area contributed by atoms with Crippen LogP contribution in [0.1, 0.15) is 32.1 Å². The van der Waals surface area contributed by atoms with Gasteiger partial charge in [-0.15, -0.1) is 0 Å². The summed E-state index contributed by atoms with van der Waals surface area (Å²) in [5.41, 5.74) is -1.38. The fraction of sp³-hybridized carbons (Fsp3) is 0.765. The van der Waals surface area contributed by atoms with Gasteiger partial charge in [0.05, 0.1) is 6.61 Å². The van der Waals surface area contributed by atoms with Crippen LogP contribution in [0.15, 0.2) is 0 Å². The number of aliphatic hydroxyl groups excluding tert-OH is 1. The maximum Gasteiger partial charge on any atom is 0.328 e. The van der Waals surface area contributed by atoms with Crippen molar-refractivity contribution in [2.75, 3.05) is 39.3 Å². The average Bonchev–Trinajstić information content (AvgIpc) is 2.64. The fourth-order valence-electron chi connectivity index (χ4n) is 3.93. The first-order chi connectivity index (χ1) is 13.1. The van der Waals surface area contributed by atoms with Crippen LogP contribution < -0.4 is 21.3 Å². The van der Waals surface area contributed by atoms with Gasteiger partial charge in [0.25, 0.3) is 0 Å². The Balaban J connectivity index is 2.11. The Hall–Kier alpha value is -2.04. The van der Waals surface area contributed by atoms with E-state index < -0.39 is 29.3 Å². The van der Waals surface area contributed by atoms with Crippen molar-refractivity contribution in [1.82, 2.24) is 26.2 Å². The molecule has 0 aromatic carbocycles. The van der Waals surface area contributed by atoms with Crippen LogP contribution >= 0.6 is 0 Å². The second kappa shape index (κ2) is 10.3. The Morgan fingerprint density at radius 2 is 1.85 bits per heavy atom. The summed E-state index contributed by atoms with van der Waals surface area (Å²) in [4.78, 5) is 49.4. The minimum Gasteiger partial charge on any atom is -0.395 e. The Morgan fingerprint density at radius 3 is 2.52 bits per heavy atom. The molecule has 0 aromatic rings. The average molecular weight is 383 g/mol. The number of nitrogens with one attached hydrogen (secondary N) is 4. The van der Waals surface area contributed by atoms with Crippen LogP contribution in [0.2, 0.25) is 0 Å². The molecule has 0 aliphatic carbocycles. The molecule has 0 saturated carbocycles. The molecule has 10 heteroatoms. The first-order valence-corrected chi connectivity index (χ1v) is 9.45. The summed E-state index contributed by atoms with van der Waals surface area (Å²) in [6, 6.07) is -1.23. The molecule has 5 amide bonds. The van der Waals surface area contributed by atoms with Gasteiger partial charge in [-0.05, 0) is 12.8 Å². The molecule has 0 spiro atoms. The summed E-state index contributed by atoms with van der Waals surface area (Å²) >= 11 is 0. The Bertz CT molecular complexity index is 534. The second-order valence-electron chi connectivity index (χ2n) is 6.92. The molecular formula is C17H29N5O5. The van der Waals surface area contributed by atoms with Gasteiger partial charge < -0.3 is 15.7 Å². The van der Waals surface area contributed by atoms with E-state index in [9.17, 15) is 24.3 Å². The lowest BCUT2D eigenvalue weighted by Gasteiger charge is -2.47. The van der Waals surface area contributed by atoms with Crippen LogP contribution in [-0.2, 0) is 14.4 Å². The molecule has 2 saturated heterocycles. The van der Waals surface area contributed by atoms with Crippen molar-refractivity contribution >= 4 is 24.3 Å². The van der Waals surface area contributed by atoms with Gasteiger partial charge >= 0.3 is 6.03 Å². The van der Waals surface area contributed by atoms with Crippen molar-refractivity contribution in [2.24, 2.45) is 5.41 Å². The van der Waals surface area contributed by atoms with Gasteiger partial charge in [-0.1, -0.05) is 19.3 Å². The van der Waals surface area contributed by atoms with E-state index in [0.29, 0.717) is 52.0 Å². The SMILES string of the molecule is O=CNCCCCCCC1(C2CNCCN2CCO)C(=O)NC(=O)NC1=O. The maximum absolute atomic E-state index is 12.8. The van der Waals surface area contributed by atoms with E-state index in [1.165, 1.54) is 0 Å². The largest absolute Gasteiger partial charge is 0.395 e. The highest BCUT2D eigenvalue weighted by Gasteiger charge is 2.56. The lowest BCUT2D eigenvalue weighted by molar-refractivity contribution is -0.151. The zero-order valence-electron chi connectivity index (χ0n) is 15.5. The quantitative estimate of drug-likeness (QED) is 0.163. The molecule has 2 rings (SSSR count). The summed E-state index contributed by atoms with van der Waals surface area (Å²) in [6.45, 7) is 2.63. The van der Waals surface area contributed by atoms with Crippen LogP contribution in [0.4, 0.5) is 4.79 Å². The van der Waals surface area contributed by atoms with E-state index in [-0.39, 0.29) is 6.61 Å².